The Kier molecular flexibility index (Phi) is 4.27. The van der Waals surface area contributed by atoms with E-state index >= 15 is 0 Å². The van der Waals surface area contributed by atoms with Crippen molar-refractivity contribution in [3.8, 4) is 5.75 Å². The van der Waals surface area contributed by atoms with Crippen molar-refractivity contribution in [3.05, 3.63) is 69.5 Å². The molecule has 0 heterocycles. The molecular formula is C15H13FN2O3. The number of nitro benzene ring substituents is 1. The van der Waals surface area contributed by atoms with Crippen LogP contribution in [0.4, 0.5) is 10.1 Å². The Hall–Kier alpha value is -2.76. The summed E-state index contributed by atoms with van der Waals surface area (Å²) < 4.78 is 12.8. The third-order valence-electron chi connectivity index (χ3n) is 3.01. The molecule has 0 saturated carbocycles. The number of nitrogens with zero attached hydrogens (tertiary/aromatic N) is 2. The molecule has 0 aliphatic rings. The van der Waals surface area contributed by atoms with E-state index in [4.69, 9.17) is 0 Å². The molecule has 1 N–H and O–H groups in total. The van der Waals surface area contributed by atoms with Crippen molar-refractivity contribution in [2.24, 2.45) is 4.99 Å². The van der Waals surface area contributed by atoms with E-state index in [1.165, 1.54) is 36.5 Å². The average Bonchev–Trinajstić information content (AvgIpc) is 2.46. The first-order chi connectivity index (χ1) is 9.97. The van der Waals surface area contributed by atoms with E-state index in [0.717, 1.165) is 5.56 Å². The lowest BCUT2D eigenvalue weighted by molar-refractivity contribution is -0.384. The van der Waals surface area contributed by atoms with Crippen molar-refractivity contribution in [2.45, 2.75) is 13.0 Å². The second-order valence-electron chi connectivity index (χ2n) is 4.51. The standard InChI is InChI=1S/C15H13FN2O3/c1-10(11-2-4-13(16)5-3-11)17-9-12-8-14(18(20)21)6-7-15(12)19/h2-10,19H,1H3/t10-/m1/s1. The summed E-state index contributed by atoms with van der Waals surface area (Å²) in [4.78, 5) is 14.4. The number of rotatable bonds is 4. The number of hydrogen-bond donors (Lipinski definition) is 1. The second-order valence-corrected chi connectivity index (χ2v) is 4.51. The zero-order valence-electron chi connectivity index (χ0n) is 11.2. The van der Waals surface area contributed by atoms with Gasteiger partial charge in [0.2, 0.25) is 0 Å². The summed E-state index contributed by atoms with van der Waals surface area (Å²) in [5, 5.41) is 20.4. The fourth-order valence-electron chi connectivity index (χ4n) is 1.78. The summed E-state index contributed by atoms with van der Waals surface area (Å²) >= 11 is 0. The van der Waals surface area contributed by atoms with Crippen LogP contribution in [-0.4, -0.2) is 16.2 Å². The van der Waals surface area contributed by atoms with Crippen molar-refractivity contribution in [1.29, 1.82) is 0 Å². The molecule has 1 atom stereocenters. The van der Waals surface area contributed by atoms with Gasteiger partial charge in [-0.15, -0.1) is 0 Å². The molecule has 0 unspecified atom stereocenters. The van der Waals surface area contributed by atoms with E-state index in [0.29, 0.717) is 0 Å². The quantitative estimate of drug-likeness (QED) is 0.530. The number of halogens is 1. The molecule has 21 heavy (non-hydrogen) atoms. The molecule has 2 aromatic carbocycles. The van der Waals surface area contributed by atoms with Gasteiger partial charge in [-0.05, 0) is 30.7 Å². The molecule has 0 amide bonds. The van der Waals surface area contributed by atoms with Gasteiger partial charge < -0.3 is 5.11 Å². The summed E-state index contributed by atoms with van der Waals surface area (Å²) in [6.45, 7) is 1.80. The third kappa shape index (κ3) is 3.62. The van der Waals surface area contributed by atoms with Gasteiger partial charge in [0.1, 0.15) is 11.6 Å². The second kappa shape index (κ2) is 6.13. The first kappa shape index (κ1) is 14.6. The molecule has 0 spiro atoms. The zero-order valence-corrected chi connectivity index (χ0v) is 11.2. The van der Waals surface area contributed by atoms with Crippen LogP contribution in [0.1, 0.15) is 24.1 Å². The van der Waals surface area contributed by atoms with Gasteiger partial charge >= 0.3 is 0 Å². The molecule has 6 heteroatoms. The number of benzene rings is 2. The summed E-state index contributed by atoms with van der Waals surface area (Å²) in [6.07, 6.45) is 1.37. The Morgan fingerprint density at radius 2 is 1.95 bits per heavy atom. The number of aliphatic imine (C=N–C) groups is 1. The predicted molar refractivity (Wildman–Crippen MR) is 77.2 cm³/mol. The molecule has 0 aliphatic heterocycles. The third-order valence-corrected chi connectivity index (χ3v) is 3.01. The maximum Gasteiger partial charge on any atom is 0.270 e. The Morgan fingerprint density at radius 1 is 1.29 bits per heavy atom. The Balaban J connectivity index is 2.22. The Morgan fingerprint density at radius 3 is 2.57 bits per heavy atom. The van der Waals surface area contributed by atoms with Crippen molar-refractivity contribution < 1.29 is 14.4 Å². The van der Waals surface area contributed by atoms with Crippen LogP contribution in [0.5, 0.6) is 5.75 Å². The van der Waals surface area contributed by atoms with Gasteiger partial charge in [-0.25, -0.2) is 4.39 Å². The molecule has 0 bridgehead atoms. The highest BCUT2D eigenvalue weighted by Gasteiger charge is 2.09. The summed E-state index contributed by atoms with van der Waals surface area (Å²) in [7, 11) is 0. The van der Waals surface area contributed by atoms with E-state index < -0.39 is 4.92 Å². The average molecular weight is 288 g/mol. The van der Waals surface area contributed by atoms with Crippen molar-refractivity contribution in [2.75, 3.05) is 0 Å². The Labute approximate surface area is 120 Å². The first-order valence-corrected chi connectivity index (χ1v) is 6.23. The van der Waals surface area contributed by atoms with E-state index in [2.05, 4.69) is 4.99 Å². The van der Waals surface area contributed by atoms with Gasteiger partial charge in [-0.1, -0.05) is 12.1 Å². The molecule has 0 aromatic heterocycles. The molecule has 0 aliphatic carbocycles. The van der Waals surface area contributed by atoms with Gasteiger partial charge in [-0.2, -0.15) is 0 Å². The van der Waals surface area contributed by atoms with Crippen molar-refractivity contribution in [1.82, 2.24) is 0 Å². The smallest absolute Gasteiger partial charge is 0.270 e. The van der Waals surface area contributed by atoms with Crippen LogP contribution >= 0.6 is 0 Å². The van der Waals surface area contributed by atoms with Gasteiger partial charge in [0.25, 0.3) is 5.69 Å². The fourth-order valence-corrected chi connectivity index (χ4v) is 1.78. The molecular weight excluding hydrogens is 275 g/mol. The maximum absolute atomic E-state index is 12.8. The maximum atomic E-state index is 12.8. The molecule has 2 rings (SSSR count). The minimum Gasteiger partial charge on any atom is -0.507 e. The van der Waals surface area contributed by atoms with E-state index in [9.17, 15) is 19.6 Å². The van der Waals surface area contributed by atoms with Crippen LogP contribution in [0.15, 0.2) is 47.5 Å². The van der Waals surface area contributed by atoms with Gasteiger partial charge in [0.05, 0.1) is 11.0 Å². The van der Waals surface area contributed by atoms with Crippen molar-refractivity contribution >= 4 is 11.9 Å². The van der Waals surface area contributed by atoms with E-state index in [1.807, 2.05) is 0 Å². The van der Waals surface area contributed by atoms with Crippen LogP contribution in [0.2, 0.25) is 0 Å². The highest BCUT2D eigenvalue weighted by Crippen LogP contribution is 2.23. The lowest BCUT2D eigenvalue weighted by atomic mass is 10.1. The summed E-state index contributed by atoms with van der Waals surface area (Å²) in [5.74, 6) is -0.415. The molecule has 108 valence electrons. The topological polar surface area (TPSA) is 75.7 Å². The van der Waals surface area contributed by atoms with Crippen LogP contribution in [-0.2, 0) is 0 Å². The zero-order chi connectivity index (χ0) is 15.4. The SMILES string of the molecule is C[C@@H](N=Cc1cc([N+](=O)[O-])ccc1O)c1ccc(F)cc1. The Bertz CT molecular complexity index is 684. The highest BCUT2D eigenvalue weighted by molar-refractivity contribution is 5.84. The normalized spacial score (nSPS) is 12.5. The molecule has 5 nitrogen and oxygen atoms in total. The highest BCUT2D eigenvalue weighted by atomic mass is 19.1. The number of non-ortho nitro benzene ring substituents is 1. The number of nitro groups is 1. The molecule has 0 fully saturated rings. The van der Waals surface area contributed by atoms with Crippen LogP contribution in [0.3, 0.4) is 0 Å². The van der Waals surface area contributed by atoms with Crippen LogP contribution < -0.4 is 0 Å². The number of aromatic hydroxyl groups is 1. The van der Waals surface area contributed by atoms with E-state index in [-0.39, 0.29) is 28.9 Å². The number of phenolic OH excluding ortho intramolecular Hbond substituents is 1. The van der Waals surface area contributed by atoms with E-state index in [1.54, 1.807) is 19.1 Å². The van der Waals surface area contributed by atoms with Crippen LogP contribution in [0, 0.1) is 15.9 Å². The largest absolute Gasteiger partial charge is 0.507 e. The molecule has 0 saturated heterocycles. The van der Waals surface area contributed by atoms with Gasteiger partial charge in [0, 0.05) is 23.9 Å². The monoisotopic (exact) mass is 288 g/mol. The lowest BCUT2D eigenvalue weighted by Gasteiger charge is -2.06. The summed E-state index contributed by atoms with van der Waals surface area (Å²) in [5.41, 5.74) is 0.944. The summed E-state index contributed by atoms with van der Waals surface area (Å²) in [6, 6.07) is 9.37. The lowest BCUT2D eigenvalue weighted by Crippen LogP contribution is -1.93. The van der Waals surface area contributed by atoms with Crippen molar-refractivity contribution in [3.63, 3.8) is 0 Å². The molecule has 2 aromatic rings. The predicted octanol–water partition coefficient (Wildman–Crippen LogP) is 3.62. The van der Waals surface area contributed by atoms with Crippen LogP contribution in [0.25, 0.3) is 0 Å². The first-order valence-electron chi connectivity index (χ1n) is 6.23. The minimum absolute atomic E-state index is 0.0874. The van der Waals surface area contributed by atoms with Gasteiger partial charge in [-0.3, -0.25) is 15.1 Å². The minimum atomic E-state index is -0.541. The van der Waals surface area contributed by atoms with Gasteiger partial charge in [0.15, 0.2) is 0 Å². The number of phenols is 1. The number of hydrogen-bond acceptors (Lipinski definition) is 4. The molecule has 0 radical (unpaired) electrons. The fraction of sp³-hybridized carbons (Fsp3) is 0.133.